The summed E-state index contributed by atoms with van der Waals surface area (Å²) in [6.45, 7) is 7.85. The number of pyridine rings is 1. The fourth-order valence-corrected chi connectivity index (χ4v) is 7.84. The molecule has 3 N–H and O–H groups in total. The zero-order chi connectivity index (χ0) is 47.0. The van der Waals surface area contributed by atoms with Gasteiger partial charge in [0.2, 0.25) is 23.6 Å². The fourth-order valence-electron chi connectivity index (χ4n) is 7.03. The van der Waals surface area contributed by atoms with Gasteiger partial charge in [0, 0.05) is 38.7 Å². The van der Waals surface area contributed by atoms with E-state index in [2.05, 4.69) is 30.7 Å². The molecule has 0 unspecified atom stereocenters. The average molecular weight is 923 g/mol. The van der Waals surface area contributed by atoms with E-state index in [1.54, 1.807) is 61.9 Å². The van der Waals surface area contributed by atoms with Crippen molar-refractivity contribution < 1.29 is 47.6 Å². The van der Waals surface area contributed by atoms with Crippen LogP contribution in [-0.4, -0.2) is 116 Å². The molecule has 6 aromatic rings. The van der Waals surface area contributed by atoms with Gasteiger partial charge < -0.3 is 44.0 Å². The first-order valence-electron chi connectivity index (χ1n) is 21.1. The minimum Gasteiger partial charge on any atom is -0.490 e. The van der Waals surface area contributed by atoms with E-state index in [4.69, 9.17) is 23.4 Å². The van der Waals surface area contributed by atoms with E-state index in [-0.39, 0.29) is 75.4 Å². The number of esters is 1. The molecule has 1 fully saturated rings. The van der Waals surface area contributed by atoms with E-state index in [1.165, 1.54) is 41.0 Å². The van der Waals surface area contributed by atoms with Crippen molar-refractivity contribution in [1.29, 1.82) is 0 Å². The van der Waals surface area contributed by atoms with Crippen LogP contribution in [0.3, 0.4) is 0 Å². The number of benzene rings is 2. The maximum absolute atomic E-state index is 13.9. The summed E-state index contributed by atoms with van der Waals surface area (Å²) < 4.78 is 29.1. The second kappa shape index (κ2) is 21.0. The summed E-state index contributed by atoms with van der Waals surface area (Å²) >= 11 is 1.56. The highest BCUT2D eigenvalue weighted by Gasteiger charge is 2.44. The van der Waals surface area contributed by atoms with E-state index < -0.39 is 47.3 Å². The van der Waals surface area contributed by atoms with E-state index in [0.717, 1.165) is 21.7 Å². The number of thiazole rings is 1. The van der Waals surface area contributed by atoms with Crippen LogP contribution in [0.1, 0.15) is 48.9 Å². The summed E-state index contributed by atoms with van der Waals surface area (Å²) in [5, 5.41) is 20.4. The Hall–Kier alpha value is -6.87. The molecule has 3 atom stereocenters. The van der Waals surface area contributed by atoms with Crippen molar-refractivity contribution in [1.82, 2.24) is 40.3 Å². The molecule has 0 bridgehead atoms. The van der Waals surface area contributed by atoms with Crippen molar-refractivity contribution in [3.05, 3.63) is 106 Å². The van der Waals surface area contributed by atoms with Gasteiger partial charge >= 0.3 is 5.97 Å². The first kappa shape index (κ1) is 47.1. The first-order valence-corrected chi connectivity index (χ1v) is 22.0. The molecule has 4 aromatic heterocycles. The minimum absolute atomic E-state index is 0.0388. The maximum Gasteiger partial charge on any atom is 0.362 e. The van der Waals surface area contributed by atoms with E-state index in [9.17, 15) is 29.1 Å². The number of likely N-dealkylation sites (tertiary alicyclic amines) is 1. The summed E-state index contributed by atoms with van der Waals surface area (Å²) in [7, 11) is 1.52. The molecule has 5 heterocycles. The topological polar surface area (TPSA) is 239 Å². The number of aliphatic hydroxyl groups is 1. The van der Waals surface area contributed by atoms with Crippen LogP contribution < -0.4 is 25.7 Å². The first-order chi connectivity index (χ1) is 31.6. The molecule has 346 valence electrons. The van der Waals surface area contributed by atoms with Crippen molar-refractivity contribution in [3.8, 4) is 33.5 Å². The highest BCUT2D eigenvalue weighted by molar-refractivity contribution is 7.13. The maximum atomic E-state index is 13.9. The van der Waals surface area contributed by atoms with Gasteiger partial charge in [0.1, 0.15) is 53.7 Å². The summed E-state index contributed by atoms with van der Waals surface area (Å²) in [5.41, 5.74) is 4.96. The second-order valence-electron chi connectivity index (χ2n) is 16.6. The molecule has 66 heavy (non-hydrogen) atoms. The van der Waals surface area contributed by atoms with Gasteiger partial charge in [-0.1, -0.05) is 45.0 Å². The largest absolute Gasteiger partial charge is 0.490 e. The lowest BCUT2D eigenvalue weighted by molar-refractivity contribution is -0.144. The highest BCUT2D eigenvalue weighted by Crippen LogP contribution is 2.29. The molecule has 0 saturated carbocycles. The number of nitrogens with one attached hydrogen (secondary N) is 2. The molecule has 7 rings (SSSR count). The number of oxazole rings is 1. The van der Waals surface area contributed by atoms with E-state index in [0.29, 0.717) is 22.5 Å². The van der Waals surface area contributed by atoms with Crippen molar-refractivity contribution in [2.24, 2.45) is 12.5 Å². The van der Waals surface area contributed by atoms with Gasteiger partial charge in [-0.3, -0.25) is 19.2 Å². The lowest BCUT2D eigenvalue weighted by Gasteiger charge is -2.35. The van der Waals surface area contributed by atoms with Crippen molar-refractivity contribution in [3.63, 3.8) is 0 Å². The number of aromatic nitrogens is 5. The zero-order valence-electron chi connectivity index (χ0n) is 37.0. The number of carbonyl (C=O) groups is 4. The Balaban J connectivity index is 0.794. The molecule has 1 saturated heterocycles. The van der Waals surface area contributed by atoms with Crippen LogP contribution in [0.15, 0.2) is 87.6 Å². The van der Waals surface area contributed by atoms with Crippen molar-refractivity contribution in [2.45, 2.75) is 58.8 Å². The van der Waals surface area contributed by atoms with Gasteiger partial charge in [-0.2, -0.15) is 5.10 Å². The Labute approximate surface area is 383 Å². The third kappa shape index (κ3) is 11.9. The Morgan fingerprint density at radius 3 is 2.42 bits per heavy atom. The zero-order valence-corrected chi connectivity index (χ0v) is 37.8. The summed E-state index contributed by atoms with van der Waals surface area (Å²) in [6.07, 6.45) is 0.568. The van der Waals surface area contributed by atoms with Crippen LogP contribution in [0.5, 0.6) is 11.5 Å². The van der Waals surface area contributed by atoms with E-state index >= 15 is 0 Å². The van der Waals surface area contributed by atoms with Crippen LogP contribution in [-0.2, 0) is 37.4 Å². The standard InChI is InChI=1S/C46H50N8O11S/c1-27-40(66-26-49-27)29-8-6-28(7-9-29)22-48-42(58)36-20-30(55)24-54(36)44(59)41(46(2,3)4)51-38(56)25-62-17-16-61-18-19-63-32-10-12-34(47-23-32)45(60)64-31-11-14-37-35(21-31)50-43(65-37)33-13-15-39(57)53(5)52-33/h6-15,21,23,26,30,36,41,55H,16-20,22,24-25H2,1-5H3,(H,48,58)(H,51,56)/t30-,36+,41-/m1/s1. The number of β-amino-alcohol motifs (C(OH)–C–C–N with tert-alkyl or cyclic N) is 1. The van der Waals surface area contributed by atoms with Crippen LogP contribution in [0.25, 0.3) is 33.1 Å². The summed E-state index contributed by atoms with van der Waals surface area (Å²) in [4.78, 5) is 80.0. The molecule has 0 spiro atoms. The van der Waals surface area contributed by atoms with Gasteiger partial charge in [0.05, 0.1) is 48.2 Å². The lowest BCUT2D eigenvalue weighted by atomic mass is 9.85. The van der Waals surface area contributed by atoms with Crippen LogP contribution in [0.4, 0.5) is 0 Å². The van der Waals surface area contributed by atoms with Crippen LogP contribution in [0.2, 0.25) is 0 Å². The molecule has 20 heteroatoms. The number of nitrogens with zero attached hydrogens (tertiary/aromatic N) is 6. The molecule has 1 aliphatic heterocycles. The predicted octanol–water partition coefficient (Wildman–Crippen LogP) is 3.86. The Morgan fingerprint density at radius 2 is 1.71 bits per heavy atom. The van der Waals surface area contributed by atoms with Gasteiger partial charge in [0.15, 0.2) is 5.58 Å². The minimum atomic E-state index is -0.997. The number of fused-ring (bicyclic) bond motifs is 1. The number of aryl methyl sites for hydroxylation is 2. The molecule has 1 aliphatic rings. The molecule has 19 nitrogen and oxygen atoms in total. The molecule has 0 aliphatic carbocycles. The third-order valence-corrected chi connectivity index (χ3v) is 11.5. The number of rotatable bonds is 18. The van der Waals surface area contributed by atoms with Crippen LogP contribution >= 0.6 is 11.3 Å². The predicted molar refractivity (Wildman–Crippen MR) is 240 cm³/mol. The quantitative estimate of drug-likeness (QED) is 0.0630. The number of hydrogen-bond acceptors (Lipinski definition) is 16. The molecule has 2 aromatic carbocycles. The molecule has 0 radical (unpaired) electrons. The monoisotopic (exact) mass is 922 g/mol. The number of carbonyl (C=O) groups excluding carboxylic acids is 4. The van der Waals surface area contributed by atoms with Crippen LogP contribution in [0, 0.1) is 12.3 Å². The third-order valence-electron chi connectivity index (χ3n) is 10.5. The summed E-state index contributed by atoms with van der Waals surface area (Å²) in [6, 6.07) is 16.5. The lowest BCUT2D eigenvalue weighted by Crippen LogP contribution is -2.58. The van der Waals surface area contributed by atoms with Gasteiger partial charge in [0.25, 0.3) is 5.56 Å². The summed E-state index contributed by atoms with van der Waals surface area (Å²) in [5.74, 6) is -1.25. The Kier molecular flexibility index (Phi) is 15.0. The molecular weight excluding hydrogens is 873 g/mol. The van der Waals surface area contributed by atoms with Gasteiger partial charge in [-0.15, -0.1) is 11.3 Å². The SMILES string of the molecule is Cc1ncsc1-c1ccc(CNC(=O)[C@@H]2C[C@@H](O)CN2C(=O)[C@@H](NC(=O)COCCOCCOc2ccc(C(=O)Oc3ccc4oc(-c5ccc(=O)n(C)n5)nc4c3)nc2)C(C)(C)C)cc1. The molecule has 3 amide bonds. The average Bonchev–Trinajstić information content (AvgIpc) is 4.04. The Bertz CT molecular complexity index is 2730. The second-order valence-corrected chi connectivity index (χ2v) is 17.4. The smallest absolute Gasteiger partial charge is 0.362 e. The van der Waals surface area contributed by atoms with Gasteiger partial charge in [-0.05, 0) is 53.8 Å². The molecular formula is C46H50N8O11S. The number of aliphatic hydroxyl groups excluding tert-OH is 1. The fraction of sp³-hybridized carbons (Fsp3) is 0.370. The number of ether oxygens (including phenoxy) is 4. The van der Waals surface area contributed by atoms with E-state index in [1.807, 2.05) is 31.2 Å². The van der Waals surface area contributed by atoms with Gasteiger partial charge in [-0.25, -0.2) is 24.4 Å². The normalized spacial score (nSPS) is 15.4. The van der Waals surface area contributed by atoms with Crippen molar-refractivity contribution >= 4 is 46.1 Å². The number of amides is 3. The number of hydrogen-bond donors (Lipinski definition) is 3. The van der Waals surface area contributed by atoms with Crippen molar-refractivity contribution in [2.75, 3.05) is 39.6 Å². The highest BCUT2D eigenvalue weighted by atomic mass is 32.1. The Morgan fingerprint density at radius 1 is 0.955 bits per heavy atom.